The number of nitrogens with one attached hydrogen (secondary N) is 2. The highest BCUT2D eigenvalue weighted by atomic mass is 32.2. The van der Waals surface area contributed by atoms with Crippen LogP contribution in [0.25, 0.3) is 0 Å². The van der Waals surface area contributed by atoms with Crippen molar-refractivity contribution in [2.45, 2.75) is 44.9 Å². The predicted molar refractivity (Wildman–Crippen MR) is 117 cm³/mol. The van der Waals surface area contributed by atoms with Gasteiger partial charge >= 0.3 is 0 Å². The number of aryl methyl sites for hydroxylation is 2. The van der Waals surface area contributed by atoms with Crippen molar-refractivity contribution >= 4 is 44.5 Å². The van der Waals surface area contributed by atoms with Crippen molar-refractivity contribution in [3.63, 3.8) is 0 Å². The Labute approximate surface area is 180 Å². The summed E-state index contributed by atoms with van der Waals surface area (Å²) in [5.41, 5.74) is 1.08. The molecular weight excluding hydrogens is 430 g/mol. The monoisotopic (exact) mass is 457 g/mol. The maximum absolute atomic E-state index is 12.5. The largest absolute Gasteiger partial charge is 0.350 e. The minimum Gasteiger partial charge on any atom is -0.350 e. The fourth-order valence-electron chi connectivity index (χ4n) is 2.76. The molecule has 0 aliphatic rings. The Bertz CT molecular complexity index is 959. The average Bonchev–Trinajstić information content (AvgIpc) is 3.32. The summed E-state index contributed by atoms with van der Waals surface area (Å²) in [6, 6.07) is 5.09. The highest BCUT2D eigenvalue weighted by Gasteiger charge is 2.23. The Morgan fingerprint density at radius 2 is 1.76 bits per heavy atom. The van der Waals surface area contributed by atoms with E-state index in [1.54, 1.807) is 26.0 Å². The number of amides is 2. The summed E-state index contributed by atoms with van der Waals surface area (Å²) in [5.74, 6) is -0.597. The van der Waals surface area contributed by atoms with Crippen LogP contribution in [0.3, 0.4) is 0 Å². The number of carbonyl (C=O) groups excluding carboxylic acids is 2. The topological polar surface area (TPSA) is 95.6 Å². The van der Waals surface area contributed by atoms with Crippen LogP contribution in [0.5, 0.6) is 0 Å². The van der Waals surface area contributed by atoms with Crippen molar-refractivity contribution in [1.82, 2.24) is 14.9 Å². The summed E-state index contributed by atoms with van der Waals surface area (Å²) in [6.07, 6.45) is 0.872. The summed E-state index contributed by atoms with van der Waals surface area (Å²) in [7, 11) is -3.49. The van der Waals surface area contributed by atoms with Crippen LogP contribution in [-0.4, -0.2) is 44.2 Å². The van der Waals surface area contributed by atoms with Crippen LogP contribution in [-0.2, 0) is 27.8 Å². The zero-order valence-electron chi connectivity index (χ0n) is 17.1. The molecule has 2 amide bonds. The number of sulfonamides is 1. The van der Waals surface area contributed by atoms with Crippen LogP contribution in [0.1, 0.15) is 45.8 Å². The zero-order chi connectivity index (χ0) is 21.6. The van der Waals surface area contributed by atoms with Gasteiger partial charge in [0, 0.05) is 22.8 Å². The second kappa shape index (κ2) is 10.3. The van der Waals surface area contributed by atoms with Crippen LogP contribution in [0.2, 0.25) is 0 Å². The van der Waals surface area contributed by atoms with Crippen molar-refractivity contribution in [2.24, 2.45) is 0 Å². The lowest BCUT2D eigenvalue weighted by Crippen LogP contribution is -2.36. The Kier molecular flexibility index (Phi) is 8.38. The standard InChI is InChI=1S/C19H27N3O4S3/c1-5-15-13(4)10-16(28-15)19(24)21-12-17(23)20-11-14-8-9-18(27-14)29(25,26)22(6-2)7-3/h8-10H,5-7,11-12H2,1-4H3,(H,20,23)(H,21,24). The number of hydrogen-bond donors (Lipinski definition) is 2. The molecule has 2 aromatic heterocycles. The van der Waals surface area contributed by atoms with Crippen molar-refractivity contribution < 1.29 is 18.0 Å². The molecule has 0 atom stereocenters. The zero-order valence-corrected chi connectivity index (χ0v) is 19.5. The van der Waals surface area contributed by atoms with Gasteiger partial charge in [0.25, 0.3) is 15.9 Å². The Morgan fingerprint density at radius 3 is 2.34 bits per heavy atom. The van der Waals surface area contributed by atoms with Crippen LogP contribution < -0.4 is 10.6 Å². The van der Waals surface area contributed by atoms with Gasteiger partial charge < -0.3 is 10.6 Å². The predicted octanol–water partition coefficient (Wildman–Crippen LogP) is 2.76. The van der Waals surface area contributed by atoms with E-state index in [2.05, 4.69) is 10.6 Å². The lowest BCUT2D eigenvalue weighted by Gasteiger charge is -2.16. The summed E-state index contributed by atoms with van der Waals surface area (Å²) in [5, 5.41) is 5.33. The maximum atomic E-state index is 12.5. The quantitative estimate of drug-likeness (QED) is 0.573. The third kappa shape index (κ3) is 5.88. The normalized spacial score (nSPS) is 11.6. The minimum atomic E-state index is -3.49. The second-order valence-corrected chi connectivity index (χ2v) is 10.8. The molecule has 0 aliphatic heterocycles. The molecule has 0 aromatic carbocycles. The summed E-state index contributed by atoms with van der Waals surface area (Å²) >= 11 is 2.58. The highest BCUT2D eigenvalue weighted by Crippen LogP contribution is 2.25. The molecule has 2 aromatic rings. The lowest BCUT2D eigenvalue weighted by molar-refractivity contribution is -0.120. The van der Waals surface area contributed by atoms with Gasteiger partial charge in [0.05, 0.1) is 18.0 Å². The molecule has 0 unspecified atom stereocenters. The second-order valence-electron chi connectivity index (χ2n) is 6.34. The van der Waals surface area contributed by atoms with Crippen LogP contribution in [0.15, 0.2) is 22.4 Å². The maximum Gasteiger partial charge on any atom is 0.261 e. The molecule has 0 spiro atoms. The number of rotatable bonds is 10. The van der Waals surface area contributed by atoms with E-state index >= 15 is 0 Å². The van der Waals surface area contributed by atoms with Crippen molar-refractivity contribution in [1.29, 1.82) is 0 Å². The van der Waals surface area contributed by atoms with Gasteiger partial charge in [-0.25, -0.2) is 8.42 Å². The van der Waals surface area contributed by atoms with Gasteiger partial charge in [-0.05, 0) is 37.1 Å². The first kappa shape index (κ1) is 23.5. The van der Waals surface area contributed by atoms with Gasteiger partial charge in [-0.1, -0.05) is 20.8 Å². The first-order chi connectivity index (χ1) is 13.7. The molecule has 0 saturated carbocycles. The SMILES string of the molecule is CCc1sc(C(=O)NCC(=O)NCc2ccc(S(=O)(=O)N(CC)CC)s2)cc1C. The molecule has 0 bridgehead atoms. The van der Waals surface area contributed by atoms with Gasteiger partial charge in [0.1, 0.15) is 4.21 Å². The first-order valence-corrected chi connectivity index (χ1v) is 12.5. The van der Waals surface area contributed by atoms with E-state index in [-0.39, 0.29) is 29.1 Å². The molecule has 0 saturated heterocycles. The number of nitrogens with zero attached hydrogens (tertiary/aromatic N) is 1. The van der Waals surface area contributed by atoms with E-state index in [9.17, 15) is 18.0 Å². The molecule has 7 nitrogen and oxygen atoms in total. The van der Waals surface area contributed by atoms with E-state index < -0.39 is 10.0 Å². The van der Waals surface area contributed by atoms with Crippen molar-refractivity contribution in [3.05, 3.63) is 38.4 Å². The van der Waals surface area contributed by atoms with Crippen molar-refractivity contribution in [2.75, 3.05) is 19.6 Å². The smallest absolute Gasteiger partial charge is 0.261 e. The van der Waals surface area contributed by atoms with Crippen LogP contribution in [0, 0.1) is 6.92 Å². The Hall–Kier alpha value is -1.75. The van der Waals surface area contributed by atoms with Crippen LogP contribution >= 0.6 is 22.7 Å². The van der Waals surface area contributed by atoms with Gasteiger partial charge in [0.2, 0.25) is 5.91 Å². The van der Waals surface area contributed by atoms with E-state index in [0.29, 0.717) is 18.0 Å². The van der Waals surface area contributed by atoms with Gasteiger partial charge in [-0.2, -0.15) is 4.31 Å². The highest BCUT2D eigenvalue weighted by molar-refractivity contribution is 7.91. The third-order valence-corrected chi connectivity index (χ3v) is 9.35. The van der Waals surface area contributed by atoms with E-state index in [4.69, 9.17) is 0 Å². The third-order valence-electron chi connectivity index (χ3n) is 4.37. The van der Waals surface area contributed by atoms with Crippen molar-refractivity contribution in [3.8, 4) is 0 Å². The molecule has 0 fully saturated rings. The molecule has 2 N–H and O–H groups in total. The molecule has 2 rings (SSSR count). The fraction of sp³-hybridized carbons (Fsp3) is 0.474. The Balaban J connectivity index is 1.86. The summed E-state index contributed by atoms with van der Waals surface area (Å²) in [6.45, 7) is 8.50. The molecular formula is C19H27N3O4S3. The molecule has 2 heterocycles. The molecule has 0 radical (unpaired) electrons. The lowest BCUT2D eigenvalue weighted by atomic mass is 10.2. The van der Waals surface area contributed by atoms with Gasteiger partial charge in [0.15, 0.2) is 0 Å². The van der Waals surface area contributed by atoms with Gasteiger partial charge in [-0.15, -0.1) is 22.7 Å². The first-order valence-electron chi connectivity index (χ1n) is 9.45. The van der Waals surface area contributed by atoms with E-state index in [0.717, 1.165) is 33.1 Å². The average molecular weight is 458 g/mol. The molecule has 160 valence electrons. The van der Waals surface area contributed by atoms with Crippen LogP contribution in [0.4, 0.5) is 0 Å². The number of thiophene rings is 2. The Morgan fingerprint density at radius 1 is 1.07 bits per heavy atom. The van der Waals surface area contributed by atoms with Gasteiger partial charge in [-0.3, -0.25) is 9.59 Å². The summed E-state index contributed by atoms with van der Waals surface area (Å²) in [4.78, 5) is 26.7. The number of carbonyl (C=O) groups is 2. The molecule has 29 heavy (non-hydrogen) atoms. The molecule has 10 heteroatoms. The minimum absolute atomic E-state index is 0.132. The van der Waals surface area contributed by atoms with E-state index in [1.807, 2.05) is 19.9 Å². The molecule has 0 aliphatic carbocycles. The number of hydrogen-bond acceptors (Lipinski definition) is 6. The fourth-order valence-corrected chi connectivity index (χ4v) is 6.70. The van der Waals surface area contributed by atoms with E-state index in [1.165, 1.54) is 15.6 Å². The summed E-state index contributed by atoms with van der Waals surface area (Å²) < 4.78 is 26.7.